The lowest BCUT2D eigenvalue weighted by Gasteiger charge is -2.38. The van der Waals surface area contributed by atoms with Gasteiger partial charge in [0.15, 0.2) is 0 Å². The van der Waals surface area contributed by atoms with Crippen LogP contribution in [0.2, 0.25) is 0 Å². The van der Waals surface area contributed by atoms with Crippen molar-refractivity contribution in [2.45, 2.75) is 38.6 Å². The first-order valence-electron chi connectivity index (χ1n) is 7.76. The summed E-state index contributed by atoms with van der Waals surface area (Å²) in [5, 5.41) is 3.34. The number of nitrogens with one attached hydrogen (secondary N) is 1. The molecule has 1 saturated heterocycles. The maximum absolute atomic E-state index is 3.34. The molecule has 0 spiro atoms. The largest absolute Gasteiger partial charge is 0.319 e. The number of piperidine rings is 1. The minimum Gasteiger partial charge on any atom is -0.319 e. The molecule has 2 unspecified atom stereocenters. The lowest BCUT2D eigenvalue weighted by Crippen LogP contribution is -2.45. The van der Waals surface area contributed by atoms with Crippen molar-refractivity contribution < 1.29 is 0 Å². The van der Waals surface area contributed by atoms with Crippen LogP contribution in [0, 0.1) is 5.92 Å². The van der Waals surface area contributed by atoms with Gasteiger partial charge in [-0.1, -0.05) is 37.3 Å². The van der Waals surface area contributed by atoms with Gasteiger partial charge < -0.3 is 5.32 Å². The number of likely N-dealkylation sites (tertiary alicyclic amines) is 1. The van der Waals surface area contributed by atoms with Crippen LogP contribution in [0.1, 0.15) is 31.7 Å². The van der Waals surface area contributed by atoms with Gasteiger partial charge in [-0.2, -0.15) is 0 Å². The Labute approximate surface area is 118 Å². The van der Waals surface area contributed by atoms with Gasteiger partial charge in [-0.15, -0.1) is 0 Å². The molecule has 0 saturated carbocycles. The molecule has 0 amide bonds. The van der Waals surface area contributed by atoms with Crippen LogP contribution in [0.5, 0.6) is 0 Å². The Hall–Kier alpha value is -0.860. The first-order valence-corrected chi connectivity index (χ1v) is 7.76. The summed E-state index contributed by atoms with van der Waals surface area (Å²) in [5.41, 5.74) is 1.48. The summed E-state index contributed by atoms with van der Waals surface area (Å²) in [6.45, 7) is 6.05. The molecule has 2 atom stereocenters. The van der Waals surface area contributed by atoms with Gasteiger partial charge in [-0.05, 0) is 57.3 Å². The van der Waals surface area contributed by atoms with E-state index in [0.717, 1.165) is 12.5 Å². The second kappa shape index (κ2) is 7.66. The highest BCUT2D eigenvalue weighted by atomic mass is 15.2. The molecule has 0 bridgehead atoms. The molecule has 0 aliphatic carbocycles. The quantitative estimate of drug-likeness (QED) is 0.846. The van der Waals surface area contributed by atoms with E-state index in [0.29, 0.717) is 6.04 Å². The number of benzene rings is 1. The lowest BCUT2D eigenvalue weighted by molar-refractivity contribution is 0.119. The van der Waals surface area contributed by atoms with Crippen LogP contribution < -0.4 is 5.32 Å². The van der Waals surface area contributed by atoms with Crippen molar-refractivity contribution in [3.05, 3.63) is 35.9 Å². The third-order valence-corrected chi connectivity index (χ3v) is 4.35. The van der Waals surface area contributed by atoms with Gasteiger partial charge in [0, 0.05) is 12.6 Å². The molecule has 2 nitrogen and oxygen atoms in total. The molecule has 1 N–H and O–H groups in total. The third-order valence-electron chi connectivity index (χ3n) is 4.35. The minimum absolute atomic E-state index is 0.710. The zero-order valence-electron chi connectivity index (χ0n) is 12.4. The van der Waals surface area contributed by atoms with Crippen LogP contribution >= 0.6 is 0 Å². The SMILES string of the molecule is CCC(Cc1ccccc1)N1CCCC(CNC)C1. The molecule has 0 aromatic heterocycles. The second-order valence-corrected chi connectivity index (χ2v) is 5.81. The monoisotopic (exact) mass is 260 g/mol. The van der Waals surface area contributed by atoms with Crippen molar-refractivity contribution in [1.29, 1.82) is 0 Å². The molecule has 1 aromatic carbocycles. The number of hydrogen-bond donors (Lipinski definition) is 1. The van der Waals surface area contributed by atoms with Crippen molar-refractivity contribution in [3.63, 3.8) is 0 Å². The first-order chi connectivity index (χ1) is 9.33. The Morgan fingerprint density at radius 1 is 1.32 bits per heavy atom. The van der Waals surface area contributed by atoms with E-state index < -0.39 is 0 Å². The van der Waals surface area contributed by atoms with Crippen molar-refractivity contribution in [3.8, 4) is 0 Å². The summed E-state index contributed by atoms with van der Waals surface area (Å²) < 4.78 is 0. The van der Waals surface area contributed by atoms with Gasteiger partial charge in [0.25, 0.3) is 0 Å². The van der Waals surface area contributed by atoms with Crippen LogP contribution in [-0.2, 0) is 6.42 Å². The van der Waals surface area contributed by atoms with Gasteiger partial charge in [0.05, 0.1) is 0 Å². The maximum atomic E-state index is 3.34. The van der Waals surface area contributed by atoms with Crippen LogP contribution in [0.4, 0.5) is 0 Å². The van der Waals surface area contributed by atoms with E-state index in [1.807, 2.05) is 0 Å². The van der Waals surface area contributed by atoms with E-state index in [-0.39, 0.29) is 0 Å². The topological polar surface area (TPSA) is 15.3 Å². The smallest absolute Gasteiger partial charge is 0.0133 e. The minimum atomic E-state index is 0.710. The van der Waals surface area contributed by atoms with E-state index in [1.54, 1.807) is 0 Å². The molecule has 106 valence electrons. The Balaban J connectivity index is 1.93. The summed E-state index contributed by atoms with van der Waals surface area (Å²) in [6, 6.07) is 11.6. The molecule has 1 aromatic rings. The number of nitrogens with zero attached hydrogens (tertiary/aromatic N) is 1. The summed E-state index contributed by atoms with van der Waals surface area (Å²) >= 11 is 0. The van der Waals surface area contributed by atoms with Crippen LogP contribution in [0.3, 0.4) is 0 Å². The summed E-state index contributed by atoms with van der Waals surface area (Å²) in [5.74, 6) is 0.837. The molecule has 1 heterocycles. The molecule has 2 rings (SSSR count). The van der Waals surface area contributed by atoms with Crippen LogP contribution in [0.25, 0.3) is 0 Å². The van der Waals surface area contributed by atoms with Gasteiger partial charge in [0.1, 0.15) is 0 Å². The fraction of sp³-hybridized carbons (Fsp3) is 0.647. The van der Waals surface area contributed by atoms with Crippen molar-refractivity contribution in [2.24, 2.45) is 5.92 Å². The molecule has 19 heavy (non-hydrogen) atoms. The number of rotatable bonds is 6. The Morgan fingerprint density at radius 3 is 2.79 bits per heavy atom. The lowest BCUT2D eigenvalue weighted by atomic mass is 9.94. The fourth-order valence-electron chi connectivity index (χ4n) is 3.30. The average molecular weight is 260 g/mol. The number of hydrogen-bond acceptors (Lipinski definition) is 2. The van der Waals surface area contributed by atoms with Gasteiger partial charge in [-0.3, -0.25) is 4.90 Å². The Bertz CT molecular complexity index is 348. The van der Waals surface area contributed by atoms with E-state index in [9.17, 15) is 0 Å². The van der Waals surface area contributed by atoms with Gasteiger partial charge in [-0.25, -0.2) is 0 Å². The predicted molar refractivity (Wildman–Crippen MR) is 82.4 cm³/mol. The van der Waals surface area contributed by atoms with Crippen molar-refractivity contribution in [1.82, 2.24) is 10.2 Å². The van der Waals surface area contributed by atoms with E-state index in [4.69, 9.17) is 0 Å². The normalized spacial score (nSPS) is 22.3. The molecular weight excluding hydrogens is 232 g/mol. The Morgan fingerprint density at radius 2 is 2.11 bits per heavy atom. The van der Waals surface area contributed by atoms with E-state index in [2.05, 4.69) is 54.5 Å². The zero-order chi connectivity index (χ0) is 13.5. The van der Waals surface area contributed by atoms with Gasteiger partial charge >= 0.3 is 0 Å². The highest BCUT2D eigenvalue weighted by molar-refractivity contribution is 5.16. The summed E-state index contributed by atoms with van der Waals surface area (Å²) in [4.78, 5) is 2.72. The molecule has 2 heteroatoms. The molecule has 1 aliphatic heterocycles. The van der Waals surface area contributed by atoms with Crippen LogP contribution in [0.15, 0.2) is 30.3 Å². The van der Waals surface area contributed by atoms with Crippen molar-refractivity contribution >= 4 is 0 Å². The van der Waals surface area contributed by atoms with E-state index in [1.165, 1.54) is 44.3 Å². The highest BCUT2D eigenvalue weighted by Crippen LogP contribution is 2.21. The highest BCUT2D eigenvalue weighted by Gasteiger charge is 2.24. The van der Waals surface area contributed by atoms with Gasteiger partial charge in [0.2, 0.25) is 0 Å². The second-order valence-electron chi connectivity index (χ2n) is 5.81. The van der Waals surface area contributed by atoms with Crippen LogP contribution in [-0.4, -0.2) is 37.6 Å². The molecular formula is C17H28N2. The average Bonchev–Trinajstić information content (AvgIpc) is 2.46. The summed E-state index contributed by atoms with van der Waals surface area (Å²) in [7, 11) is 2.07. The Kier molecular flexibility index (Phi) is 5.87. The predicted octanol–water partition coefficient (Wildman–Crippen LogP) is 2.94. The first kappa shape index (κ1) is 14.5. The standard InChI is InChI=1S/C17H28N2/c1-3-17(12-15-8-5-4-6-9-15)19-11-7-10-16(14-19)13-18-2/h4-6,8-9,16-18H,3,7,10-14H2,1-2H3. The van der Waals surface area contributed by atoms with Crippen molar-refractivity contribution in [2.75, 3.05) is 26.7 Å². The molecule has 1 aliphatic rings. The zero-order valence-corrected chi connectivity index (χ0v) is 12.4. The third kappa shape index (κ3) is 4.32. The van der Waals surface area contributed by atoms with E-state index >= 15 is 0 Å². The molecule has 0 radical (unpaired) electrons. The molecule has 1 fully saturated rings. The fourth-order valence-corrected chi connectivity index (χ4v) is 3.30. The summed E-state index contributed by atoms with van der Waals surface area (Å²) in [6.07, 6.45) is 5.20. The maximum Gasteiger partial charge on any atom is 0.0133 e.